The molecule has 0 spiro atoms. The van der Waals surface area contributed by atoms with Crippen LogP contribution in [0.4, 0.5) is 10.5 Å². The molecule has 0 aliphatic rings. The zero-order chi connectivity index (χ0) is 15.2. The van der Waals surface area contributed by atoms with E-state index in [1.54, 1.807) is 24.3 Å². The van der Waals surface area contributed by atoms with Gasteiger partial charge in [-0.15, -0.1) is 0 Å². The Labute approximate surface area is 130 Å². The third-order valence-electron chi connectivity index (χ3n) is 2.50. The van der Waals surface area contributed by atoms with Gasteiger partial charge in [0, 0.05) is 5.69 Å². The molecule has 0 aliphatic carbocycles. The number of hydrogen-bond acceptors (Lipinski definition) is 4. The van der Waals surface area contributed by atoms with Crippen molar-refractivity contribution in [2.45, 2.75) is 6.54 Å². The van der Waals surface area contributed by atoms with Crippen LogP contribution >= 0.6 is 23.2 Å². The molecule has 0 bridgehead atoms. The van der Waals surface area contributed by atoms with Gasteiger partial charge in [-0.25, -0.2) is 9.48 Å². The topological polar surface area (TPSA) is 73.2 Å². The number of benzene rings is 1. The number of nitrogens with one attached hydrogen (secondary N) is 1. The van der Waals surface area contributed by atoms with E-state index >= 15 is 0 Å². The minimum Gasteiger partial charge on any atom is -0.447 e. The van der Waals surface area contributed by atoms with E-state index in [9.17, 15) is 9.59 Å². The number of carbonyl (C=O) groups is 1. The predicted octanol–water partition coefficient (Wildman–Crippen LogP) is 2.80. The number of anilines is 1. The molecule has 2 aromatic rings. The average Bonchev–Trinajstić information content (AvgIpc) is 2.48. The summed E-state index contributed by atoms with van der Waals surface area (Å²) >= 11 is 11.4. The molecule has 8 heteroatoms. The summed E-state index contributed by atoms with van der Waals surface area (Å²) in [7, 11) is 0. The predicted molar refractivity (Wildman–Crippen MR) is 79.9 cm³/mol. The van der Waals surface area contributed by atoms with Crippen molar-refractivity contribution < 1.29 is 9.53 Å². The summed E-state index contributed by atoms with van der Waals surface area (Å²) in [5, 5.41) is 6.32. The lowest BCUT2D eigenvalue weighted by Crippen LogP contribution is -2.26. The number of para-hydroxylation sites is 1. The fourth-order valence-corrected chi connectivity index (χ4v) is 1.78. The molecular formula is C13H11Cl2N3O3. The van der Waals surface area contributed by atoms with Crippen LogP contribution in [-0.2, 0) is 11.3 Å². The van der Waals surface area contributed by atoms with E-state index in [1.165, 1.54) is 6.20 Å². The van der Waals surface area contributed by atoms with Crippen LogP contribution in [0.1, 0.15) is 0 Å². The number of rotatable bonds is 4. The van der Waals surface area contributed by atoms with Gasteiger partial charge >= 0.3 is 6.09 Å². The highest BCUT2D eigenvalue weighted by molar-refractivity contribution is 6.41. The first kappa shape index (κ1) is 15.3. The molecule has 2 rings (SSSR count). The SMILES string of the molecule is O=C(Nc1ccccc1)OCCn1ncc(Cl)c(Cl)c1=O. The van der Waals surface area contributed by atoms with Crippen molar-refractivity contribution in [2.75, 3.05) is 11.9 Å². The fourth-order valence-electron chi connectivity index (χ4n) is 1.50. The van der Waals surface area contributed by atoms with Crippen LogP contribution in [0.15, 0.2) is 41.3 Å². The van der Waals surface area contributed by atoms with E-state index < -0.39 is 11.7 Å². The van der Waals surface area contributed by atoms with E-state index in [0.717, 1.165) is 4.68 Å². The summed E-state index contributed by atoms with van der Waals surface area (Å²) in [4.78, 5) is 23.2. The van der Waals surface area contributed by atoms with Gasteiger partial charge in [-0.2, -0.15) is 5.10 Å². The van der Waals surface area contributed by atoms with Crippen molar-refractivity contribution in [3.05, 3.63) is 56.9 Å². The van der Waals surface area contributed by atoms with Gasteiger partial charge in [0.15, 0.2) is 0 Å². The van der Waals surface area contributed by atoms with Gasteiger partial charge < -0.3 is 4.74 Å². The molecule has 6 nitrogen and oxygen atoms in total. The largest absolute Gasteiger partial charge is 0.447 e. The number of ether oxygens (including phenoxy) is 1. The molecule has 0 unspecified atom stereocenters. The van der Waals surface area contributed by atoms with E-state index in [-0.39, 0.29) is 23.2 Å². The normalized spacial score (nSPS) is 10.2. The van der Waals surface area contributed by atoms with Crippen molar-refractivity contribution in [3.8, 4) is 0 Å². The Morgan fingerprint density at radius 3 is 2.71 bits per heavy atom. The molecule has 0 fully saturated rings. The zero-order valence-corrected chi connectivity index (χ0v) is 12.3. The molecule has 110 valence electrons. The number of nitrogens with zero attached hydrogens (tertiary/aromatic N) is 2. The molecule has 1 heterocycles. The van der Waals surface area contributed by atoms with Gasteiger partial charge in [-0.05, 0) is 12.1 Å². The molecule has 0 atom stereocenters. The number of carbonyl (C=O) groups excluding carboxylic acids is 1. The lowest BCUT2D eigenvalue weighted by molar-refractivity contribution is 0.155. The summed E-state index contributed by atoms with van der Waals surface area (Å²) in [6, 6.07) is 8.86. The maximum absolute atomic E-state index is 11.7. The lowest BCUT2D eigenvalue weighted by atomic mass is 10.3. The molecule has 1 N–H and O–H groups in total. The summed E-state index contributed by atoms with van der Waals surface area (Å²) in [5.74, 6) is 0. The maximum Gasteiger partial charge on any atom is 0.411 e. The van der Waals surface area contributed by atoms with Gasteiger partial charge in [0.05, 0.1) is 17.8 Å². The van der Waals surface area contributed by atoms with E-state index in [2.05, 4.69) is 10.4 Å². The third-order valence-corrected chi connectivity index (χ3v) is 3.25. The Morgan fingerprint density at radius 2 is 2.00 bits per heavy atom. The first-order valence-corrected chi connectivity index (χ1v) is 6.73. The van der Waals surface area contributed by atoms with Crippen LogP contribution < -0.4 is 10.9 Å². The highest BCUT2D eigenvalue weighted by atomic mass is 35.5. The number of halogens is 2. The van der Waals surface area contributed by atoms with Crippen molar-refractivity contribution in [3.63, 3.8) is 0 Å². The van der Waals surface area contributed by atoms with Crippen LogP contribution in [0.2, 0.25) is 10.0 Å². The van der Waals surface area contributed by atoms with Crippen LogP contribution in [0.5, 0.6) is 0 Å². The second kappa shape index (κ2) is 7.10. The molecule has 1 aromatic heterocycles. The standard InChI is InChI=1S/C13H11Cl2N3O3/c14-10-8-16-18(12(19)11(10)15)6-7-21-13(20)17-9-4-2-1-3-5-9/h1-5,8H,6-7H2,(H,17,20). The van der Waals surface area contributed by atoms with Crippen LogP contribution in [0.25, 0.3) is 0 Å². The van der Waals surface area contributed by atoms with E-state index in [4.69, 9.17) is 27.9 Å². The second-order valence-electron chi connectivity index (χ2n) is 3.96. The highest BCUT2D eigenvalue weighted by Gasteiger charge is 2.08. The van der Waals surface area contributed by atoms with E-state index in [1.807, 2.05) is 6.07 Å². The smallest absolute Gasteiger partial charge is 0.411 e. The number of hydrogen-bond donors (Lipinski definition) is 1. The molecule has 0 saturated carbocycles. The zero-order valence-electron chi connectivity index (χ0n) is 10.8. The van der Waals surface area contributed by atoms with E-state index in [0.29, 0.717) is 5.69 Å². The quantitative estimate of drug-likeness (QED) is 0.937. The minimum atomic E-state index is -0.616. The first-order valence-electron chi connectivity index (χ1n) is 5.98. The first-order chi connectivity index (χ1) is 10.1. The molecule has 0 aliphatic heterocycles. The highest BCUT2D eigenvalue weighted by Crippen LogP contribution is 2.14. The minimum absolute atomic E-state index is 0.0243. The lowest BCUT2D eigenvalue weighted by Gasteiger charge is -2.08. The molecule has 1 amide bonds. The summed E-state index contributed by atoms with van der Waals surface area (Å²) in [6.07, 6.45) is 0.643. The van der Waals surface area contributed by atoms with Gasteiger partial charge in [-0.1, -0.05) is 41.4 Å². The summed E-state index contributed by atoms with van der Waals surface area (Å²) < 4.78 is 6.02. The summed E-state index contributed by atoms with van der Waals surface area (Å²) in [5.41, 5.74) is 0.0866. The van der Waals surface area contributed by atoms with Gasteiger partial charge in [0.25, 0.3) is 5.56 Å². The Kier molecular flexibility index (Phi) is 5.19. The molecular weight excluding hydrogens is 317 g/mol. The molecule has 0 saturated heterocycles. The van der Waals surface area contributed by atoms with Crippen LogP contribution in [0.3, 0.4) is 0 Å². The van der Waals surface area contributed by atoms with Crippen molar-refractivity contribution in [1.82, 2.24) is 9.78 Å². The number of aromatic nitrogens is 2. The van der Waals surface area contributed by atoms with Gasteiger partial charge in [0.2, 0.25) is 0 Å². The number of amides is 1. The van der Waals surface area contributed by atoms with Crippen LogP contribution in [-0.4, -0.2) is 22.5 Å². The third kappa shape index (κ3) is 4.21. The van der Waals surface area contributed by atoms with Crippen molar-refractivity contribution >= 4 is 35.0 Å². The Hall–Kier alpha value is -2.05. The van der Waals surface area contributed by atoms with Crippen molar-refractivity contribution in [2.24, 2.45) is 0 Å². The molecule has 0 radical (unpaired) electrons. The van der Waals surface area contributed by atoms with Crippen LogP contribution in [0, 0.1) is 0 Å². The average molecular weight is 328 g/mol. The molecule has 1 aromatic carbocycles. The Bertz CT molecular complexity index is 689. The molecule has 21 heavy (non-hydrogen) atoms. The van der Waals surface area contributed by atoms with Gasteiger partial charge in [-0.3, -0.25) is 10.1 Å². The monoisotopic (exact) mass is 327 g/mol. The summed E-state index contributed by atoms with van der Waals surface area (Å²) in [6.45, 7) is 0.0570. The van der Waals surface area contributed by atoms with Crippen molar-refractivity contribution in [1.29, 1.82) is 0 Å². The maximum atomic E-state index is 11.7. The fraction of sp³-hybridized carbons (Fsp3) is 0.154. The van der Waals surface area contributed by atoms with Gasteiger partial charge in [0.1, 0.15) is 11.6 Å². The second-order valence-corrected chi connectivity index (χ2v) is 4.75. The Balaban J connectivity index is 1.86. The Morgan fingerprint density at radius 1 is 1.29 bits per heavy atom.